The van der Waals surface area contributed by atoms with E-state index >= 15 is 0 Å². The van der Waals surface area contributed by atoms with Crippen molar-refractivity contribution in [1.29, 1.82) is 0 Å². The molecular weight excluding hydrogens is 236 g/mol. The molecular formula is C10H18N6S. The van der Waals surface area contributed by atoms with Crippen LogP contribution in [0.5, 0.6) is 0 Å². The first-order valence-electron chi connectivity index (χ1n) is 5.56. The van der Waals surface area contributed by atoms with E-state index in [9.17, 15) is 0 Å². The molecule has 0 unspecified atom stereocenters. The Morgan fingerprint density at radius 3 is 2.88 bits per heavy atom. The Labute approximate surface area is 106 Å². The number of hydrogen-bond acceptors (Lipinski definition) is 4. The molecule has 0 saturated heterocycles. The average Bonchev–Trinajstić information content (AvgIpc) is 2.65. The van der Waals surface area contributed by atoms with Gasteiger partial charge in [0.1, 0.15) is 5.69 Å². The molecule has 0 aromatic carbocycles. The summed E-state index contributed by atoms with van der Waals surface area (Å²) >= 11 is 4.68. The summed E-state index contributed by atoms with van der Waals surface area (Å²) in [6.45, 7) is 6.84. The minimum absolute atomic E-state index is 0.139. The summed E-state index contributed by atoms with van der Waals surface area (Å²) in [5.41, 5.74) is 10.3. The standard InChI is InChI=1S/C10H18N6S/c1-4-5-6-16-8(3)9(13-15-16)7(2)12-14-10(11)17/h4-6H2,1-3H3,(H3,11,14,17). The first-order valence-corrected chi connectivity index (χ1v) is 5.97. The summed E-state index contributed by atoms with van der Waals surface area (Å²) in [4.78, 5) is 0. The fraction of sp³-hybridized carbons (Fsp3) is 0.600. The topological polar surface area (TPSA) is 81.1 Å². The zero-order valence-electron chi connectivity index (χ0n) is 10.4. The summed E-state index contributed by atoms with van der Waals surface area (Å²) in [6, 6.07) is 0. The van der Waals surface area contributed by atoms with Crippen molar-refractivity contribution in [3.05, 3.63) is 11.4 Å². The number of aryl methyl sites for hydroxylation is 1. The Kier molecular flexibility index (Phi) is 5.02. The molecule has 1 aromatic rings. The first kappa shape index (κ1) is 13.6. The van der Waals surface area contributed by atoms with Crippen LogP contribution in [0.15, 0.2) is 5.10 Å². The summed E-state index contributed by atoms with van der Waals surface area (Å²) in [6.07, 6.45) is 2.22. The van der Waals surface area contributed by atoms with Crippen molar-refractivity contribution in [1.82, 2.24) is 20.4 Å². The molecule has 3 N–H and O–H groups in total. The molecule has 0 aliphatic rings. The minimum Gasteiger partial charge on any atom is -0.375 e. The van der Waals surface area contributed by atoms with Gasteiger partial charge in [0.15, 0.2) is 5.11 Å². The van der Waals surface area contributed by atoms with Gasteiger partial charge in [0.2, 0.25) is 0 Å². The number of aromatic nitrogens is 3. The second-order valence-electron chi connectivity index (χ2n) is 3.77. The van der Waals surface area contributed by atoms with Crippen molar-refractivity contribution in [2.24, 2.45) is 10.8 Å². The molecule has 0 bridgehead atoms. The third kappa shape index (κ3) is 3.77. The predicted octanol–water partition coefficient (Wildman–Crippen LogP) is 0.944. The molecule has 0 saturated carbocycles. The van der Waals surface area contributed by atoms with Crippen LogP contribution in [0.25, 0.3) is 0 Å². The fourth-order valence-corrected chi connectivity index (χ4v) is 1.45. The minimum atomic E-state index is 0.139. The van der Waals surface area contributed by atoms with E-state index < -0.39 is 0 Å². The van der Waals surface area contributed by atoms with Crippen LogP contribution in [0.3, 0.4) is 0 Å². The van der Waals surface area contributed by atoms with Gasteiger partial charge >= 0.3 is 0 Å². The quantitative estimate of drug-likeness (QED) is 0.464. The van der Waals surface area contributed by atoms with Gasteiger partial charge in [-0.3, -0.25) is 5.43 Å². The molecule has 0 spiro atoms. The molecule has 0 fully saturated rings. The Bertz CT molecular complexity index is 422. The highest BCUT2D eigenvalue weighted by molar-refractivity contribution is 7.80. The van der Waals surface area contributed by atoms with Crippen LogP contribution >= 0.6 is 12.2 Å². The van der Waals surface area contributed by atoms with E-state index in [0.717, 1.165) is 36.5 Å². The molecule has 0 aliphatic carbocycles. The molecule has 0 aliphatic heterocycles. The van der Waals surface area contributed by atoms with Gasteiger partial charge in [-0.2, -0.15) is 5.10 Å². The number of unbranched alkanes of at least 4 members (excludes halogenated alkanes) is 1. The maximum absolute atomic E-state index is 5.30. The molecule has 94 valence electrons. The lowest BCUT2D eigenvalue weighted by Crippen LogP contribution is -2.25. The van der Waals surface area contributed by atoms with Crippen LogP contribution < -0.4 is 11.2 Å². The average molecular weight is 254 g/mol. The van der Waals surface area contributed by atoms with Crippen LogP contribution in [0.1, 0.15) is 38.1 Å². The third-order valence-electron chi connectivity index (χ3n) is 2.38. The number of thiocarbonyl (C=S) groups is 1. The van der Waals surface area contributed by atoms with Gasteiger partial charge in [-0.1, -0.05) is 18.6 Å². The zero-order chi connectivity index (χ0) is 12.8. The molecule has 0 amide bonds. The third-order valence-corrected chi connectivity index (χ3v) is 2.47. The summed E-state index contributed by atoms with van der Waals surface area (Å²) < 4.78 is 1.89. The van der Waals surface area contributed by atoms with Crippen molar-refractivity contribution in [3.63, 3.8) is 0 Å². The molecule has 7 heteroatoms. The van der Waals surface area contributed by atoms with Crippen molar-refractivity contribution >= 4 is 23.0 Å². The van der Waals surface area contributed by atoms with Gasteiger partial charge in [0.05, 0.1) is 11.4 Å². The van der Waals surface area contributed by atoms with Crippen molar-refractivity contribution in [2.45, 2.75) is 40.2 Å². The molecule has 1 heterocycles. The Morgan fingerprint density at radius 2 is 2.29 bits per heavy atom. The Hall–Kier alpha value is -1.50. The van der Waals surface area contributed by atoms with E-state index in [1.807, 2.05) is 18.5 Å². The van der Waals surface area contributed by atoms with Gasteiger partial charge < -0.3 is 5.73 Å². The van der Waals surface area contributed by atoms with E-state index in [-0.39, 0.29) is 5.11 Å². The second kappa shape index (κ2) is 6.29. The lowest BCUT2D eigenvalue weighted by atomic mass is 10.2. The Balaban J connectivity index is 2.81. The van der Waals surface area contributed by atoms with Crippen molar-refractivity contribution < 1.29 is 0 Å². The van der Waals surface area contributed by atoms with Crippen LogP contribution in [-0.4, -0.2) is 25.8 Å². The molecule has 6 nitrogen and oxygen atoms in total. The van der Waals surface area contributed by atoms with E-state index in [2.05, 4.69) is 40.0 Å². The highest BCUT2D eigenvalue weighted by atomic mass is 32.1. The smallest absolute Gasteiger partial charge is 0.184 e. The number of rotatable bonds is 5. The van der Waals surface area contributed by atoms with Crippen molar-refractivity contribution in [3.8, 4) is 0 Å². The fourth-order valence-electron chi connectivity index (χ4n) is 1.41. The maximum Gasteiger partial charge on any atom is 0.184 e. The van der Waals surface area contributed by atoms with Gasteiger partial charge in [-0.15, -0.1) is 5.10 Å². The number of nitrogens with two attached hydrogens (primary N) is 1. The molecule has 0 atom stereocenters. The highest BCUT2D eigenvalue weighted by Gasteiger charge is 2.10. The first-order chi connectivity index (χ1) is 8.06. The number of nitrogens with one attached hydrogen (secondary N) is 1. The number of hydrazone groups is 1. The molecule has 17 heavy (non-hydrogen) atoms. The van der Waals surface area contributed by atoms with E-state index in [1.54, 1.807) is 0 Å². The van der Waals surface area contributed by atoms with E-state index in [0.29, 0.717) is 0 Å². The van der Waals surface area contributed by atoms with Gasteiger partial charge in [0.25, 0.3) is 0 Å². The van der Waals surface area contributed by atoms with E-state index in [4.69, 9.17) is 5.73 Å². The van der Waals surface area contributed by atoms with E-state index in [1.165, 1.54) is 0 Å². The highest BCUT2D eigenvalue weighted by Crippen LogP contribution is 2.06. The number of hydrogen-bond donors (Lipinski definition) is 2. The van der Waals surface area contributed by atoms with Gasteiger partial charge in [-0.25, -0.2) is 4.68 Å². The van der Waals surface area contributed by atoms with Crippen LogP contribution in [0.4, 0.5) is 0 Å². The van der Waals surface area contributed by atoms with Crippen LogP contribution in [0.2, 0.25) is 0 Å². The summed E-state index contributed by atoms with van der Waals surface area (Å²) in [5, 5.41) is 12.4. The Morgan fingerprint density at radius 1 is 1.59 bits per heavy atom. The molecule has 0 radical (unpaired) electrons. The summed E-state index contributed by atoms with van der Waals surface area (Å²) in [7, 11) is 0. The lowest BCUT2D eigenvalue weighted by molar-refractivity contribution is 0.542. The SMILES string of the molecule is CCCCn1nnc(C(C)=NNC(N)=S)c1C. The van der Waals surface area contributed by atoms with Crippen LogP contribution in [0, 0.1) is 6.92 Å². The maximum atomic E-state index is 5.30. The van der Waals surface area contributed by atoms with Gasteiger partial charge in [0, 0.05) is 6.54 Å². The van der Waals surface area contributed by atoms with Gasteiger partial charge in [-0.05, 0) is 32.5 Å². The lowest BCUT2D eigenvalue weighted by Gasteiger charge is -2.02. The predicted molar refractivity (Wildman–Crippen MR) is 71.8 cm³/mol. The molecule has 1 rings (SSSR count). The van der Waals surface area contributed by atoms with Crippen molar-refractivity contribution in [2.75, 3.05) is 0 Å². The molecule has 1 aromatic heterocycles. The number of nitrogens with zero attached hydrogens (tertiary/aromatic N) is 4. The normalized spacial score (nSPS) is 11.6. The largest absolute Gasteiger partial charge is 0.375 e. The monoisotopic (exact) mass is 254 g/mol. The van der Waals surface area contributed by atoms with Crippen LogP contribution in [-0.2, 0) is 6.54 Å². The second-order valence-corrected chi connectivity index (χ2v) is 4.21. The zero-order valence-corrected chi connectivity index (χ0v) is 11.2. The summed E-state index contributed by atoms with van der Waals surface area (Å²) in [5.74, 6) is 0.